The second-order valence-electron chi connectivity index (χ2n) is 9.34. The Morgan fingerprint density at radius 1 is 0.769 bits per heavy atom. The summed E-state index contributed by atoms with van der Waals surface area (Å²) in [5.74, 6) is 0.881. The topological polar surface area (TPSA) is 50.1 Å². The van der Waals surface area contributed by atoms with Gasteiger partial charge in [0.2, 0.25) is 0 Å². The number of nitrogens with zero attached hydrogens (tertiary/aromatic N) is 1. The van der Waals surface area contributed by atoms with Gasteiger partial charge in [0, 0.05) is 18.8 Å². The number of hydrogen-bond donors (Lipinski definition) is 0. The summed E-state index contributed by atoms with van der Waals surface area (Å²) in [6.45, 7) is 15.1. The predicted octanol–water partition coefficient (Wildman–Crippen LogP) is 3.40. The van der Waals surface area contributed by atoms with E-state index in [4.69, 9.17) is 18.9 Å². The van der Waals surface area contributed by atoms with Crippen molar-refractivity contribution in [1.82, 2.24) is 0 Å². The predicted molar refractivity (Wildman–Crippen MR) is 101 cm³/mol. The largest absolute Gasteiger partial charge is 0.491 e. The number of ether oxygens (including phenoxy) is 4. The third kappa shape index (κ3) is 3.85. The zero-order chi connectivity index (χ0) is 18.7. The van der Waals surface area contributed by atoms with E-state index in [-0.39, 0.29) is 35.1 Å². The summed E-state index contributed by atoms with van der Waals surface area (Å²) in [7, 11) is 0. The molecule has 0 N–H and O–H groups in total. The first-order valence-electron chi connectivity index (χ1n) is 9.58. The van der Waals surface area contributed by atoms with Gasteiger partial charge in [-0.15, -0.1) is 0 Å². The van der Waals surface area contributed by atoms with Crippen LogP contribution in [0.5, 0.6) is 5.75 Å². The van der Waals surface area contributed by atoms with Crippen LogP contribution in [0.1, 0.15) is 41.5 Å². The summed E-state index contributed by atoms with van der Waals surface area (Å²) >= 11 is 0. The molecule has 0 amide bonds. The lowest BCUT2D eigenvalue weighted by Crippen LogP contribution is -2.34. The van der Waals surface area contributed by atoms with Gasteiger partial charge < -0.3 is 23.8 Å². The van der Waals surface area contributed by atoms with Gasteiger partial charge in [0.1, 0.15) is 30.7 Å². The van der Waals surface area contributed by atoms with E-state index in [0.29, 0.717) is 6.61 Å². The molecule has 0 saturated carbocycles. The monoisotopic (exact) mass is 361 g/mol. The molecule has 0 radical (unpaired) electrons. The standard InChI is InChI=1S/C21H31NO4/c1-19(2)16(24-19)11-22(12-17-20(3,4)25-17)14-7-9-15(10-8-14)23-13-18-21(5,6)26-18/h7-10,16-18H,11-13H2,1-6H3. The Labute approximate surface area is 156 Å². The number of hydrogen-bond acceptors (Lipinski definition) is 5. The number of rotatable bonds is 8. The molecule has 4 rings (SSSR count). The lowest BCUT2D eigenvalue weighted by Gasteiger charge is -2.24. The van der Waals surface area contributed by atoms with Crippen LogP contribution >= 0.6 is 0 Å². The van der Waals surface area contributed by atoms with Crippen LogP contribution in [0.2, 0.25) is 0 Å². The summed E-state index contributed by atoms with van der Waals surface area (Å²) in [5, 5.41) is 0. The van der Waals surface area contributed by atoms with Crippen LogP contribution in [0, 0.1) is 0 Å². The summed E-state index contributed by atoms with van der Waals surface area (Å²) in [4.78, 5) is 2.37. The van der Waals surface area contributed by atoms with Crippen LogP contribution in [-0.4, -0.2) is 54.8 Å². The van der Waals surface area contributed by atoms with E-state index in [9.17, 15) is 0 Å². The molecule has 144 valence electrons. The van der Waals surface area contributed by atoms with Gasteiger partial charge in [-0.05, 0) is 65.8 Å². The molecule has 3 atom stereocenters. The maximum Gasteiger partial charge on any atom is 0.121 e. The average Bonchev–Trinajstić information content (AvgIpc) is 3.46. The van der Waals surface area contributed by atoms with Crippen molar-refractivity contribution in [2.45, 2.75) is 76.7 Å². The average molecular weight is 361 g/mol. The van der Waals surface area contributed by atoms with Crippen LogP contribution in [0.4, 0.5) is 5.69 Å². The zero-order valence-corrected chi connectivity index (χ0v) is 16.7. The molecule has 3 heterocycles. The molecule has 0 aliphatic carbocycles. The minimum Gasteiger partial charge on any atom is -0.491 e. The highest BCUT2D eigenvalue weighted by Crippen LogP contribution is 2.40. The van der Waals surface area contributed by atoms with Crippen LogP contribution in [0.15, 0.2) is 24.3 Å². The van der Waals surface area contributed by atoms with Crippen molar-refractivity contribution in [3.05, 3.63) is 24.3 Å². The number of benzene rings is 1. The Balaban J connectivity index is 1.38. The molecule has 1 aromatic carbocycles. The fraction of sp³-hybridized carbons (Fsp3) is 0.714. The Morgan fingerprint density at radius 2 is 1.19 bits per heavy atom. The Morgan fingerprint density at radius 3 is 1.58 bits per heavy atom. The first-order chi connectivity index (χ1) is 12.1. The Kier molecular flexibility index (Phi) is 4.07. The molecular weight excluding hydrogens is 330 g/mol. The van der Waals surface area contributed by atoms with E-state index in [2.05, 4.69) is 58.6 Å². The highest BCUT2D eigenvalue weighted by molar-refractivity contribution is 5.50. The minimum atomic E-state index is -0.0368. The smallest absolute Gasteiger partial charge is 0.121 e. The van der Waals surface area contributed by atoms with Gasteiger partial charge in [-0.1, -0.05) is 0 Å². The van der Waals surface area contributed by atoms with E-state index in [1.807, 2.05) is 12.1 Å². The van der Waals surface area contributed by atoms with Crippen LogP contribution in [-0.2, 0) is 14.2 Å². The van der Waals surface area contributed by atoms with Crippen LogP contribution in [0.3, 0.4) is 0 Å². The summed E-state index contributed by atoms with van der Waals surface area (Å²) in [6.07, 6.45) is 0.742. The van der Waals surface area contributed by atoms with Gasteiger partial charge in [0.25, 0.3) is 0 Å². The lowest BCUT2D eigenvalue weighted by atomic mass is 10.1. The minimum absolute atomic E-state index is 0.0156. The van der Waals surface area contributed by atoms with Crippen molar-refractivity contribution in [1.29, 1.82) is 0 Å². The van der Waals surface area contributed by atoms with Gasteiger partial charge >= 0.3 is 0 Å². The highest BCUT2D eigenvalue weighted by atomic mass is 16.6. The second kappa shape index (κ2) is 5.85. The maximum atomic E-state index is 5.86. The van der Waals surface area contributed by atoms with Crippen molar-refractivity contribution < 1.29 is 18.9 Å². The molecule has 26 heavy (non-hydrogen) atoms. The molecule has 1 aromatic rings. The summed E-state index contributed by atoms with van der Waals surface area (Å²) in [5.41, 5.74) is 1.11. The van der Waals surface area contributed by atoms with Gasteiger partial charge in [0.05, 0.1) is 16.8 Å². The SMILES string of the molecule is CC1(C)OC1COc1ccc(N(CC2OC2(C)C)CC2OC2(C)C)cc1. The first kappa shape index (κ1) is 18.1. The Hall–Kier alpha value is -1.30. The number of anilines is 1. The summed E-state index contributed by atoms with van der Waals surface area (Å²) < 4.78 is 23.0. The highest BCUT2D eigenvalue weighted by Gasteiger charge is 2.52. The molecule has 5 heteroatoms. The molecule has 3 aliphatic heterocycles. The van der Waals surface area contributed by atoms with E-state index in [1.165, 1.54) is 5.69 Å². The van der Waals surface area contributed by atoms with Gasteiger partial charge in [-0.2, -0.15) is 0 Å². The van der Waals surface area contributed by atoms with Crippen LogP contribution < -0.4 is 9.64 Å². The van der Waals surface area contributed by atoms with Crippen molar-refractivity contribution in [2.75, 3.05) is 24.6 Å². The Bertz CT molecular complexity index is 643. The van der Waals surface area contributed by atoms with Gasteiger partial charge in [0.15, 0.2) is 0 Å². The fourth-order valence-electron chi connectivity index (χ4n) is 3.36. The molecule has 3 unspecified atom stereocenters. The molecular formula is C21H31NO4. The van der Waals surface area contributed by atoms with E-state index in [1.54, 1.807) is 0 Å². The lowest BCUT2D eigenvalue weighted by molar-refractivity contribution is 0.254. The molecule has 0 aromatic heterocycles. The van der Waals surface area contributed by atoms with Crippen molar-refractivity contribution in [3.8, 4) is 5.75 Å². The maximum absolute atomic E-state index is 5.86. The van der Waals surface area contributed by atoms with Crippen LogP contribution in [0.25, 0.3) is 0 Å². The number of epoxide rings is 3. The molecule has 3 saturated heterocycles. The molecule has 3 aliphatic rings. The first-order valence-corrected chi connectivity index (χ1v) is 9.58. The quantitative estimate of drug-likeness (QED) is 0.664. The van der Waals surface area contributed by atoms with Gasteiger partial charge in [-0.25, -0.2) is 0 Å². The van der Waals surface area contributed by atoms with Gasteiger partial charge in [-0.3, -0.25) is 0 Å². The fourth-order valence-corrected chi connectivity index (χ4v) is 3.36. The van der Waals surface area contributed by atoms with E-state index >= 15 is 0 Å². The van der Waals surface area contributed by atoms with Crippen molar-refractivity contribution in [2.24, 2.45) is 0 Å². The van der Waals surface area contributed by atoms with Crippen molar-refractivity contribution >= 4 is 5.69 Å². The zero-order valence-electron chi connectivity index (χ0n) is 16.7. The molecule has 0 bridgehead atoms. The van der Waals surface area contributed by atoms with E-state index in [0.717, 1.165) is 18.8 Å². The third-order valence-electron chi connectivity index (χ3n) is 5.87. The summed E-state index contributed by atoms with van der Waals surface area (Å²) in [6, 6.07) is 8.32. The second-order valence-corrected chi connectivity index (χ2v) is 9.34. The molecule has 0 spiro atoms. The molecule has 3 fully saturated rings. The third-order valence-corrected chi connectivity index (χ3v) is 5.87. The van der Waals surface area contributed by atoms with Crippen molar-refractivity contribution in [3.63, 3.8) is 0 Å². The molecule has 5 nitrogen and oxygen atoms in total. The van der Waals surface area contributed by atoms with E-state index < -0.39 is 0 Å². The normalized spacial score (nSPS) is 32.0.